The van der Waals surface area contributed by atoms with Crippen molar-refractivity contribution in [3.63, 3.8) is 0 Å². The van der Waals surface area contributed by atoms with Gasteiger partial charge in [0.25, 0.3) is 0 Å². The first kappa shape index (κ1) is 12.2. The largest absolute Gasteiger partial charge is 0.305 e. The Hall–Kier alpha value is -1.60. The third-order valence-corrected chi connectivity index (χ3v) is 4.93. The Balaban J connectivity index is 1.91. The summed E-state index contributed by atoms with van der Waals surface area (Å²) in [6, 6.07) is 16.0. The molecule has 1 nitrogen and oxygen atoms in total. The lowest BCUT2D eigenvalue weighted by molar-refractivity contribution is 0.396. The molecular weight excluding hydrogens is 242 g/mol. The van der Waals surface area contributed by atoms with Gasteiger partial charge < -0.3 is 4.90 Å². The zero-order valence-corrected chi connectivity index (χ0v) is 12.3. The molecule has 0 amide bonds. The van der Waals surface area contributed by atoms with Crippen LogP contribution in [0.15, 0.2) is 42.5 Å². The molecule has 0 saturated heterocycles. The number of fused-ring (bicyclic) bond motifs is 1. The molecule has 0 radical (unpaired) electrons. The quantitative estimate of drug-likeness (QED) is 0.788. The highest BCUT2D eigenvalue weighted by Crippen LogP contribution is 2.53. The van der Waals surface area contributed by atoms with Crippen molar-refractivity contribution < 1.29 is 0 Å². The van der Waals surface area contributed by atoms with Gasteiger partial charge in [0.05, 0.1) is 0 Å². The Kier molecular flexibility index (Phi) is 2.71. The van der Waals surface area contributed by atoms with Gasteiger partial charge in [-0.05, 0) is 54.8 Å². The van der Waals surface area contributed by atoms with Crippen molar-refractivity contribution in [2.24, 2.45) is 0 Å². The molecule has 20 heavy (non-hydrogen) atoms. The summed E-state index contributed by atoms with van der Waals surface area (Å²) in [6.07, 6.45) is 2.64. The molecule has 5 rings (SSSR count). The highest BCUT2D eigenvalue weighted by molar-refractivity contribution is 5.57. The van der Waals surface area contributed by atoms with Crippen molar-refractivity contribution >= 4 is 0 Å². The molecule has 0 aliphatic heterocycles. The van der Waals surface area contributed by atoms with E-state index in [4.69, 9.17) is 0 Å². The second-order valence-electron chi connectivity index (χ2n) is 6.47. The molecule has 0 N–H and O–H groups in total. The monoisotopic (exact) mass is 263 g/mol. The normalized spacial score (nSPS) is 22.8. The molecule has 2 unspecified atom stereocenters. The van der Waals surface area contributed by atoms with E-state index in [-0.39, 0.29) is 0 Å². The van der Waals surface area contributed by atoms with Crippen LogP contribution in [0.1, 0.15) is 52.5 Å². The Morgan fingerprint density at radius 2 is 1.50 bits per heavy atom. The van der Waals surface area contributed by atoms with Crippen LogP contribution in [0, 0.1) is 0 Å². The molecular formula is C19H21N. The van der Waals surface area contributed by atoms with Crippen LogP contribution >= 0.6 is 0 Å². The molecule has 1 heteroatoms. The molecule has 2 aromatic carbocycles. The molecule has 3 aliphatic rings. The van der Waals surface area contributed by atoms with Crippen LogP contribution in [-0.2, 0) is 6.54 Å². The fraction of sp³-hybridized carbons (Fsp3) is 0.368. The van der Waals surface area contributed by atoms with Gasteiger partial charge in [0.2, 0.25) is 0 Å². The summed E-state index contributed by atoms with van der Waals surface area (Å²) >= 11 is 0. The lowest BCUT2D eigenvalue weighted by atomic mass is 9.63. The van der Waals surface area contributed by atoms with Gasteiger partial charge in [-0.3, -0.25) is 0 Å². The average Bonchev–Trinajstić information content (AvgIpc) is 2.47. The van der Waals surface area contributed by atoms with Crippen molar-refractivity contribution in [1.29, 1.82) is 0 Å². The number of nitrogens with zero attached hydrogens (tertiary/aromatic N) is 1. The standard InChI is InChI=1S/C19H21N/c1-20(2)12-13-6-5-9-17-16-10-11-18(19(13)17)15-8-4-3-7-14(15)16/h3-9,16,18H,10-12H2,1-2H3. The molecule has 2 atom stereocenters. The third-order valence-electron chi connectivity index (χ3n) is 4.93. The Morgan fingerprint density at radius 1 is 0.850 bits per heavy atom. The summed E-state index contributed by atoms with van der Waals surface area (Å²) in [5, 5.41) is 0. The first-order valence-electron chi connectivity index (χ1n) is 7.61. The second kappa shape index (κ2) is 4.46. The number of hydrogen-bond acceptors (Lipinski definition) is 1. The van der Waals surface area contributed by atoms with Gasteiger partial charge in [-0.25, -0.2) is 0 Å². The molecule has 0 aromatic heterocycles. The van der Waals surface area contributed by atoms with Gasteiger partial charge >= 0.3 is 0 Å². The van der Waals surface area contributed by atoms with Gasteiger partial charge in [0.15, 0.2) is 0 Å². The summed E-state index contributed by atoms with van der Waals surface area (Å²) in [5.74, 6) is 1.26. The number of hydrogen-bond donors (Lipinski definition) is 0. The van der Waals surface area contributed by atoms with Crippen molar-refractivity contribution in [1.82, 2.24) is 4.90 Å². The van der Waals surface area contributed by atoms with E-state index in [1.807, 2.05) is 0 Å². The number of rotatable bonds is 2. The van der Waals surface area contributed by atoms with Crippen molar-refractivity contribution in [2.75, 3.05) is 14.1 Å². The maximum atomic E-state index is 2.36. The van der Waals surface area contributed by atoms with E-state index in [2.05, 4.69) is 61.5 Å². The topological polar surface area (TPSA) is 3.24 Å². The Bertz CT molecular complexity index is 657. The Morgan fingerprint density at radius 3 is 2.25 bits per heavy atom. The zero-order chi connectivity index (χ0) is 13.7. The SMILES string of the molecule is CN(C)Cc1cccc2c1C1CCC2c2ccccc21. The van der Waals surface area contributed by atoms with E-state index in [0.717, 1.165) is 6.54 Å². The van der Waals surface area contributed by atoms with Crippen LogP contribution in [0.3, 0.4) is 0 Å². The van der Waals surface area contributed by atoms with Gasteiger partial charge in [0.1, 0.15) is 0 Å². The summed E-state index contributed by atoms with van der Waals surface area (Å²) in [5.41, 5.74) is 7.92. The predicted octanol–water partition coefficient (Wildman–Crippen LogP) is 4.12. The van der Waals surface area contributed by atoms with Crippen LogP contribution < -0.4 is 0 Å². The maximum Gasteiger partial charge on any atom is 0.0230 e. The van der Waals surface area contributed by atoms with E-state index in [9.17, 15) is 0 Å². The van der Waals surface area contributed by atoms with E-state index in [1.165, 1.54) is 18.4 Å². The van der Waals surface area contributed by atoms with E-state index < -0.39 is 0 Å². The van der Waals surface area contributed by atoms with Crippen molar-refractivity contribution in [3.05, 3.63) is 70.3 Å². The van der Waals surface area contributed by atoms with Crippen LogP contribution in [0.2, 0.25) is 0 Å². The van der Waals surface area contributed by atoms with E-state index in [1.54, 1.807) is 22.3 Å². The molecule has 0 heterocycles. The zero-order valence-electron chi connectivity index (χ0n) is 12.3. The summed E-state index contributed by atoms with van der Waals surface area (Å²) in [4.78, 5) is 2.28. The van der Waals surface area contributed by atoms with Crippen LogP contribution in [0.25, 0.3) is 0 Å². The molecule has 2 aromatic rings. The molecule has 102 valence electrons. The van der Waals surface area contributed by atoms with Gasteiger partial charge in [-0.15, -0.1) is 0 Å². The van der Waals surface area contributed by atoms with Gasteiger partial charge in [0, 0.05) is 18.4 Å². The van der Waals surface area contributed by atoms with E-state index >= 15 is 0 Å². The van der Waals surface area contributed by atoms with Gasteiger partial charge in [-0.1, -0.05) is 42.5 Å². The predicted molar refractivity (Wildman–Crippen MR) is 83.2 cm³/mol. The second-order valence-corrected chi connectivity index (χ2v) is 6.47. The summed E-state index contributed by atoms with van der Waals surface area (Å²) in [6.45, 7) is 1.05. The Labute approximate surface area is 121 Å². The fourth-order valence-corrected chi connectivity index (χ4v) is 4.25. The average molecular weight is 263 g/mol. The maximum absolute atomic E-state index is 2.36. The molecule has 0 spiro atoms. The summed E-state index contributed by atoms with van der Waals surface area (Å²) in [7, 11) is 4.32. The van der Waals surface area contributed by atoms with Crippen molar-refractivity contribution in [3.8, 4) is 0 Å². The van der Waals surface area contributed by atoms with Gasteiger partial charge in [-0.2, -0.15) is 0 Å². The highest BCUT2D eigenvalue weighted by atomic mass is 15.0. The first-order chi connectivity index (χ1) is 9.75. The summed E-state index contributed by atoms with van der Waals surface area (Å²) < 4.78 is 0. The van der Waals surface area contributed by atoms with Crippen LogP contribution in [-0.4, -0.2) is 19.0 Å². The highest BCUT2D eigenvalue weighted by Gasteiger charge is 2.38. The lowest BCUT2D eigenvalue weighted by Gasteiger charge is -2.41. The number of benzene rings is 2. The molecule has 0 saturated carbocycles. The lowest BCUT2D eigenvalue weighted by Crippen LogP contribution is -2.27. The molecule has 3 aliphatic carbocycles. The smallest absolute Gasteiger partial charge is 0.0230 e. The van der Waals surface area contributed by atoms with E-state index in [0.29, 0.717) is 11.8 Å². The molecule has 0 fully saturated rings. The van der Waals surface area contributed by atoms with Crippen molar-refractivity contribution in [2.45, 2.75) is 31.2 Å². The minimum Gasteiger partial charge on any atom is -0.305 e. The minimum absolute atomic E-state index is 0.627. The van der Waals surface area contributed by atoms with Crippen LogP contribution in [0.5, 0.6) is 0 Å². The minimum atomic E-state index is 0.627. The third kappa shape index (κ3) is 1.66. The first-order valence-corrected chi connectivity index (χ1v) is 7.61. The molecule has 2 bridgehead atoms. The van der Waals surface area contributed by atoms with Crippen LogP contribution in [0.4, 0.5) is 0 Å². The fourth-order valence-electron chi connectivity index (χ4n) is 4.25.